The highest BCUT2D eigenvalue weighted by Gasteiger charge is 2.27. The molecule has 0 N–H and O–H groups in total. The van der Waals surface area contributed by atoms with Crippen LogP contribution in [0.2, 0.25) is 0 Å². The number of carbonyl (C=O) groups excluding carboxylic acids is 1. The maximum absolute atomic E-state index is 12.7. The van der Waals surface area contributed by atoms with Crippen LogP contribution < -0.4 is 5.56 Å². The summed E-state index contributed by atoms with van der Waals surface area (Å²) in [5, 5.41) is 4.45. The smallest absolute Gasteiger partial charge is 0.267 e. The molecule has 0 aromatic carbocycles. The van der Waals surface area contributed by atoms with Crippen molar-refractivity contribution >= 4 is 5.91 Å². The second-order valence-electron chi connectivity index (χ2n) is 6.19. The molecule has 1 aromatic rings. The number of aromatic nitrogens is 2. The Morgan fingerprint density at radius 2 is 2.00 bits per heavy atom. The molecular formula is C16H24N4O2. The number of likely N-dealkylation sites (N-methyl/N-ethyl adjacent to an activating group) is 1. The molecule has 120 valence electrons. The summed E-state index contributed by atoms with van der Waals surface area (Å²) < 4.78 is 1.37. The van der Waals surface area contributed by atoms with E-state index in [-0.39, 0.29) is 11.5 Å². The lowest BCUT2D eigenvalue weighted by Crippen LogP contribution is -2.51. The summed E-state index contributed by atoms with van der Waals surface area (Å²) in [6, 6.07) is 1.14. The molecule has 0 bridgehead atoms. The van der Waals surface area contributed by atoms with Crippen LogP contribution in [0.1, 0.15) is 37.6 Å². The van der Waals surface area contributed by atoms with Crippen molar-refractivity contribution in [3.8, 4) is 0 Å². The van der Waals surface area contributed by atoms with E-state index in [9.17, 15) is 9.59 Å². The highest BCUT2D eigenvalue weighted by Crippen LogP contribution is 2.18. The monoisotopic (exact) mass is 304 g/mol. The van der Waals surface area contributed by atoms with Gasteiger partial charge in [-0.15, -0.1) is 0 Å². The van der Waals surface area contributed by atoms with E-state index in [2.05, 4.69) is 16.9 Å². The Hall–Kier alpha value is -1.69. The van der Waals surface area contributed by atoms with Crippen molar-refractivity contribution in [2.75, 3.05) is 32.7 Å². The van der Waals surface area contributed by atoms with Crippen molar-refractivity contribution in [3.05, 3.63) is 27.7 Å². The number of nitrogens with zero attached hydrogens (tertiary/aromatic N) is 4. The third-order valence-corrected chi connectivity index (χ3v) is 4.84. The van der Waals surface area contributed by atoms with Gasteiger partial charge in [-0.3, -0.25) is 9.59 Å². The number of fused-ring (bicyclic) bond motifs is 1. The average molecular weight is 304 g/mol. The van der Waals surface area contributed by atoms with Crippen molar-refractivity contribution < 1.29 is 4.79 Å². The Bertz CT molecular complexity index is 617. The minimum Gasteiger partial charge on any atom is -0.338 e. The first-order valence-corrected chi connectivity index (χ1v) is 8.23. The van der Waals surface area contributed by atoms with E-state index < -0.39 is 6.04 Å². The van der Waals surface area contributed by atoms with Crippen LogP contribution in [-0.4, -0.2) is 58.2 Å². The fourth-order valence-electron chi connectivity index (χ4n) is 3.35. The fraction of sp³-hybridized carbons (Fsp3) is 0.688. The molecular weight excluding hydrogens is 280 g/mol. The van der Waals surface area contributed by atoms with Gasteiger partial charge in [0, 0.05) is 32.2 Å². The van der Waals surface area contributed by atoms with Crippen LogP contribution in [0.15, 0.2) is 10.9 Å². The second-order valence-corrected chi connectivity index (χ2v) is 6.19. The minimum absolute atomic E-state index is 0.00306. The highest BCUT2D eigenvalue weighted by molar-refractivity contribution is 5.80. The van der Waals surface area contributed by atoms with Crippen LogP contribution in [0, 0.1) is 0 Å². The maximum atomic E-state index is 12.7. The van der Waals surface area contributed by atoms with E-state index in [0.29, 0.717) is 0 Å². The van der Waals surface area contributed by atoms with Crippen LogP contribution >= 0.6 is 0 Å². The Labute approximate surface area is 130 Å². The van der Waals surface area contributed by atoms with E-state index in [1.165, 1.54) is 4.68 Å². The van der Waals surface area contributed by atoms with Crippen molar-refractivity contribution in [1.29, 1.82) is 0 Å². The molecule has 1 aromatic heterocycles. The number of hydrogen-bond donors (Lipinski definition) is 0. The minimum atomic E-state index is -0.522. The fourth-order valence-corrected chi connectivity index (χ4v) is 3.35. The predicted octanol–water partition coefficient (Wildman–Crippen LogP) is 0.457. The van der Waals surface area contributed by atoms with Crippen LogP contribution in [0.4, 0.5) is 0 Å². The van der Waals surface area contributed by atoms with Crippen LogP contribution in [0.5, 0.6) is 0 Å². The number of hydrogen-bond acceptors (Lipinski definition) is 4. The summed E-state index contributed by atoms with van der Waals surface area (Å²) in [5.41, 5.74) is 1.88. The van der Waals surface area contributed by atoms with E-state index >= 15 is 0 Å². The van der Waals surface area contributed by atoms with Gasteiger partial charge in [-0.1, -0.05) is 6.92 Å². The van der Waals surface area contributed by atoms with E-state index in [1.54, 1.807) is 13.0 Å². The molecule has 1 atom stereocenters. The normalized spacial score (nSPS) is 20.0. The van der Waals surface area contributed by atoms with Gasteiger partial charge in [0.05, 0.1) is 5.69 Å². The van der Waals surface area contributed by atoms with Gasteiger partial charge in [-0.05, 0) is 38.3 Å². The molecule has 1 fully saturated rings. The van der Waals surface area contributed by atoms with Gasteiger partial charge in [-0.25, -0.2) is 4.68 Å². The zero-order valence-electron chi connectivity index (χ0n) is 13.4. The third kappa shape index (κ3) is 2.79. The Morgan fingerprint density at radius 3 is 2.68 bits per heavy atom. The van der Waals surface area contributed by atoms with Crippen LogP contribution in [0.25, 0.3) is 0 Å². The van der Waals surface area contributed by atoms with E-state index in [0.717, 1.165) is 63.2 Å². The van der Waals surface area contributed by atoms with Gasteiger partial charge in [-0.2, -0.15) is 5.10 Å². The van der Waals surface area contributed by atoms with Gasteiger partial charge in [0.25, 0.3) is 5.56 Å². The number of aryl methyl sites for hydroxylation is 2. The lowest BCUT2D eigenvalue weighted by Gasteiger charge is -2.35. The van der Waals surface area contributed by atoms with Gasteiger partial charge in [0.2, 0.25) is 5.91 Å². The first kappa shape index (κ1) is 15.2. The largest absolute Gasteiger partial charge is 0.338 e. The van der Waals surface area contributed by atoms with Gasteiger partial charge >= 0.3 is 0 Å². The first-order valence-electron chi connectivity index (χ1n) is 8.23. The SMILES string of the molecule is CCN1CCN(C(=O)C(C)n2nc3c(cc2=O)CCC3)CC1. The summed E-state index contributed by atoms with van der Waals surface area (Å²) >= 11 is 0. The van der Waals surface area contributed by atoms with Crippen molar-refractivity contribution in [3.63, 3.8) is 0 Å². The number of piperazine rings is 1. The van der Waals surface area contributed by atoms with E-state index in [1.807, 2.05) is 4.90 Å². The number of amides is 1. The van der Waals surface area contributed by atoms with Gasteiger partial charge in [0.15, 0.2) is 0 Å². The van der Waals surface area contributed by atoms with E-state index in [4.69, 9.17) is 0 Å². The highest BCUT2D eigenvalue weighted by atomic mass is 16.2. The lowest BCUT2D eigenvalue weighted by atomic mass is 10.2. The van der Waals surface area contributed by atoms with Gasteiger partial charge in [0.1, 0.15) is 6.04 Å². The zero-order chi connectivity index (χ0) is 15.7. The molecule has 1 saturated heterocycles. The lowest BCUT2D eigenvalue weighted by molar-refractivity contribution is -0.136. The Kier molecular flexibility index (Phi) is 4.29. The van der Waals surface area contributed by atoms with Gasteiger partial charge < -0.3 is 9.80 Å². The van der Waals surface area contributed by atoms with Crippen molar-refractivity contribution in [2.24, 2.45) is 0 Å². The van der Waals surface area contributed by atoms with Crippen LogP contribution in [0.3, 0.4) is 0 Å². The topological polar surface area (TPSA) is 58.4 Å². The molecule has 1 unspecified atom stereocenters. The Morgan fingerprint density at radius 1 is 1.27 bits per heavy atom. The molecule has 22 heavy (non-hydrogen) atoms. The predicted molar refractivity (Wildman–Crippen MR) is 83.9 cm³/mol. The summed E-state index contributed by atoms with van der Waals surface area (Å²) in [4.78, 5) is 29.1. The molecule has 0 spiro atoms. The molecule has 3 rings (SSSR count). The van der Waals surface area contributed by atoms with Crippen molar-refractivity contribution in [1.82, 2.24) is 19.6 Å². The zero-order valence-corrected chi connectivity index (χ0v) is 13.4. The first-order chi connectivity index (χ1) is 10.6. The molecule has 1 aliphatic carbocycles. The van der Waals surface area contributed by atoms with Crippen molar-refractivity contribution in [2.45, 2.75) is 39.2 Å². The summed E-state index contributed by atoms with van der Waals surface area (Å²) in [6.45, 7) is 8.21. The summed E-state index contributed by atoms with van der Waals surface area (Å²) in [5.74, 6) is 0.00306. The molecule has 2 aliphatic rings. The number of carbonyl (C=O) groups is 1. The molecule has 1 aliphatic heterocycles. The number of rotatable bonds is 3. The molecule has 6 nitrogen and oxygen atoms in total. The Balaban J connectivity index is 1.75. The molecule has 0 radical (unpaired) electrons. The summed E-state index contributed by atoms with van der Waals surface area (Å²) in [6.07, 6.45) is 2.89. The van der Waals surface area contributed by atoms with Crippen LogP contribution in [-0.2, 0) is 17.6 Å². The molecule has 0 saturated carbocycles. The maximum Gasteiger partial charge on any atom is 0.267 e. The molecule has 6 heteroatoms. The molecule has 1 amide bonds. The standard InChI is InChI=1S/C16H24N4O2/c1-3-18-7-9-19(10-8-18)16(22)12(2)20-15(21)11-13-5-4-6-14(13)17-20/h11-12H,3-10H2,1-2H3. The third-order valence-electron chi connectivity index (χ3n) is 4.84. The quantitative estimate of drug-likeness (QED) is 0.814. The summed E-state index contributed by atoms with van der Waals surface area (Å²) in [7, 11) is 0. The molecule has 2 heterocycles. The average Bonchev–Trinajstić information content (AvgIpc) is 3.00. The second kappa shape index (κ2) is 6.20.